The molecule has 0 saturated carbocycles. The van der Waals surface area contributed by atoms with Gasteiger partial charge < -0.3 is 5.73 Å². The number of halogens is 2. The van der Waals surface area contributed by atoms with Gasteiger partial charge in [0.1, 0.15) is 5.82 Å². The third kappa shape index (κ3) is 2.40. The van der Waals surface area contributed by atoms with E-state index < -0.39 is 0 Å². The van der Waals surface area contributed by atoms with Crippen molar-refractivity contribution in [1.29, 1.82) is 0 Å². The standard InChI is InChI=1S/C16H11ClFN/c17-14-6-13(7-15(18)9-14)11-1-2-12-8-16(19)4-3-10(12)5-11/h1-9H,19H2. The molecule has 1 nitrogen and oxygen atoms in total. The second kappa shape index (κ2) is 4.56. The lowest BCUT2D eigenvalue weighted by atomic mass is 10.0. The molecule has 0 radical (unpaired) electrons. The highest BCUT2D eigenvalue weighted by molar-refractivity contribution is 6.30. The molecule has 0 aliphatic carbocycles. The number of nitrogens with two attached hydrogens (primary N) is 1. The van der Waals surface area contributed by atoms with Gasteiger partial charge in [0.25, 0.3) is 0 Å². The zero-order chi connectivity index (χ0) is 13.4. The Kier molecular flexibility index (Phi) is 2.88. The van der Waals surface area contributed by atoms with Crippen LogP contribution in [0.3, 0.4) is 0 Å². The number of fused-ring (bicyclic) bond motifs is 1. The maximum absolute atomic E-state index is 13.4. The molecule has 19 heavy (non-hydrogen) atoms. The molecule has 0 aromatic heterocycles. The smallest absolute Gasteiger partial charge is 0.125 e. The van der Waals surface area contributed by atoms with E-state index in [1.165, 1.54) is 12.1 Å². The minimum Gasteiger partial charge on any atom is -0.399 e. The van der Waals surface area contributed by atoms with E-state index in [-0.39, 0.29) is 5.82 Å². The average molecular weight is 272 g/mol. The van der Waals surface area contributed by atoms with Gasteiger partial charge in [0.15, 0.2) is 0 Å². The molecule has 94 valence electrons. The fourth-order valence-corrected chi connectivity index (χ4v) is 2.39. The molecule has 0 amide bonds. The van der Waals surface area contributed by atoms with Crippen molar-refractivity contribution in [2.24, 2.45) is 0 Å². The second-order valence-electron chi connectivity index (χ2n) is 4.48. The van der Waals surface area contributed by atoms with Crippen molar-refractivity contribution in [2.45, 2.75) is 0 Å². The lowest BCUT2D eigenvalue weighted by molar-refractivity contribution is 0.628. The number of nitrogen functional groups attached to an aromatic ring is 1. The van der Waals surface area contributed by atoms with Gasteiger partial charge in [0, 0.05) is 10.7 Å². The summed E-state index contributed by atoms with van der Waals surface area (Å²) < 4.78 is 13.4. The third-order valence-corrected chi connectivity index (χ3v) is 3.28. The van der Waals surface area contributed by atoms with Gasteiger partial charge in [-0.1, -0.05) is 29.8 Å². The van der Waals surface area contributed by atoms with Crippen LogP contribution in [0.4, 0.5) is 10.1 Å². The van der Waals surface area contributed by atoms with Gasteiger partial charge in [-0.05, 0) is 58.3 Å². The summed E-state index contributed by atoms with van der Waals surface area (Å²) in [5.41, 5.74) is 8.17. The number of rotatable bonds is 1. The molecule has 3 aromatic rings. The van der Waals surface area contributed by atoms with E-state index in [4.69, 9.17) is 17.3 Å². The molecular formula is C16H11ClFN. The normalized spacial score (nSPS) is 10.8. The molecule has 0 unspecified atom stereocenters. The van der Waals surface area contributed by atoms with Crippen LogP contribution in [-0.4, -0.2) is 0 Å². The molecule has 0 saturated heterocycles. The van der Waals surface area contributed by atoms with Gasteiger partial charge in [-0.25, -0.2) is 4.39 Å². The molecule has 0 heterocycles. The van der Waals surface area contributed by atoms with Crippen molar-refractivity contribution >= 4 is 28.1 Å². The zero-order valence-electron chi connectivity index (χ0n) is 10.0. The van der Waals surface area contributed by atoms with Crippen LogP contribution in [0.2, 0.25) is 5.02 Å². The van der Waals surface area contributed by atoms with Crippen LogP contribution in [0.5, 0.6) is 0 Å². The highest BCUT2D eigenvalue weighted by atomic mass is 35.5. The van der Waals surface area contributed by atoms with Gasteiger partial charge in [-0.2, -0.15) is 0 Å². The predicted molar refractivity (Wildman–Crippen MR) is 78.8 cm³/mol. The summed E-state index contributed by atoms with van der Waals surface area (Å²) in [5.74, 6) is -0.333. The van der Waals surface area contributed by atoms with Crippen LogP contribution in [0.1, 0.15) is 0 Å². The monoisotopic (exact) mass is 271 g/mol. The Morgan fingerprint density at radius 3 is 2.32 bits per heavy atom. The first-order chi connectivity index (χ1) is 9.11. The summed E-state index contributed by atoms with van der Waals surface area (Å²) in [6.07, 6.45) is 0. The average Bonchev–Trinajstić information content (AvgIpc) is 2.37. The fourth-order valence-electron chi connectivity index (χ4n) is 2.16. The summed E-state index contributed by atoms with van der Waals surface area (Å²) in [7, 11) is 0. The summed E-state index contributed by atoms with van der Waals surface area (Å²) in [6, 6.07) is 16.2. The van der Waals surface area contributed by atoms with E-state index in [0.717, 1.165) is 27.6 Å². The molecule has 0 aliphatic rings. The van der Waals surface area contributed by atoms with Crippen LogP contribution < -0.4 is 5.73 Å². The van der Waals surface area contributed by atoms with Crippen LogP contribution in [0.25, 0.3) is 21.9 Å². The van der Waals surface area contributed by atoms with E-state index in [2.05, 4.69) is 0 Å². The largest absolute Gasteiger partial charge is 0.399 e. The van der Waals surface area contributed by atoms with Crippen molar-refractivity contribution in [1.82, 2.24) is 0 Å². The summed E-state index contributed by atoms with van der Waals surface area (Å²) in [6.45, 7) is 0. The van der Waals surface area contributed by atoms with Gasteiger partial charge >= 0.3 is 0 Å². The van der Waals surface area contributed by atoms with Crippen LogP contribution >= 0.6 is 11.6 Å². The molecule has 0 fully saturated rings. The minimum atomic E-state index is -0.333. The molecular weight excluding hydrogens is 261 g/mol. The number of benzene rings is 3. The van der Waals surface area contributed by atoms with Crippen LogP contribution in [0, 0.1) is 5.82 Å². The maximum atomic E-state index is 13.4. The van der Waals surface area contributed by atoms with E-state index >= 15 is 0 Å². The molecule has 2 N–H and O–H groups in total. The van der Waals surface area contributed by atoms with E-state index in [0.29, 0.717) is 5.02 Å². The fraction of sp³-hybridized carbons (Fsp3) is 0. The molecule has 0 spiro atoms. The Bertz CT molecular complexity index is 748. The lowest BCUT2D eigenvalue weighted by Gasteiger charge is -2.06. The number of hydrogen-bond acceptors (Lipinski definition) is 1. The summed E-state index contributed by atoms with van der Waals surface area (Å²) in [5, 5.41) is 2.52. The number of anilines is 1. The van der Waals surface area contributed by atoms with Gasteiger partial charge in [-0.3, -0.25) is 0 Å². The van der Waals surface area contributed by atoms with Crippen LogP contribution in [0.15, 0.2) is 54.6 Å². The van der Waals surface area contributed by atoms with Crippen molar-refractivity contribution < 1.29 is 4.39 Å². The first-order valence-electron chi connectivity index (χ1n) is 5.87. The predicted octanol–water partition coefficient (Wildman–Crippen LogP) is 4.88. The third-order valence-electron chi connectivity index (χ3n) is 3.06. The Balaban J connectivity index is 2.17. The second-order valence-corrected chi connectivity index (χ2v) is 4.92. The Morgan fingerprint density at radius 1 is 0.789 bits per heavy atom. The Labute approximate surface area is 115 Å². The summed E-state index contributed by atoms with van der Waals surface area (Å²) >= 11 is 5.88. The number of hydrogen-bond donors (Lipinski definition) is 1. The van der Waals surface area contributed by atoms with Crippen molar-refractivity contribution in [2.75, 3.05) is 5.73 Å². The van der Waals surface area contributed by atoms with Crippen molar-refractivity contribution in [3.63, 3.8) is 0 Å². The molecule has 3 aromatic carbocycles. The Hall–Kier alpha value is -2.06. The van der Waals surface area contributed by atoms with Crippen LogP contribution in [-0.2, 0) is 0 Å². The van der Waals surface area contributed by atoms with Gasteiger partial charge in [-0.15, -0.1) is 0 Å². The van der Waals surface area contributed by atoms with Crippen molar-refractivity contribution in [3.8, 4) is 11.1 Å². The SMILES string of the molecule is Nc1ccc2cc(-c3cc(F)cc(Cl)c3)ccc2c1. The lowest BCUT2D eigenvalue weighted by Crippen LogP contribution is -1.85. The van der Waals surface area contributed by atoms with E-state index in [1.54, 1.807) is 6.07 Å². The highest BCUT2D eigenvalue weighted by Crippen LogP contribution is 2.28. The quantitative estimate of drug-likeness (QED) is 0.627. The maximum Gasteiger partial charge on any atom is 0.125 e. The minimum absolute atomic E-state index is 0.333. The van der Waals surface area contributed by atoms with Gasteiger partial charge in [0.2, 0.25) is 0 Å². The molecule has 0 bridgehead atoms. The Morgan fingerprint density at radius 2 is 1.53 bits per heavy atom. The van der Waals surface area contributed by atoms with E-state index in [1.807, 2.05) is 36.4 Å². The molecule has 0 atom stereocenters. The molecule has 3 heteroatoms. The summed E-state index contributed by atoms with van der Waals surface area (Å²) in [4.78, 5) is 0. The van der Waals surface area contributed by atoms with E-state index in [9.17, 15) is 4.39 Å². The first kappa shape index (κ1) is 12.0. The molecule has 0 aliphatic heterocycles. The highest BCUT2D eigenvalue weighted by Gasteiger charge is 2.03. The van der Waals surface area contributed by atoms with Gasteiger partial charge in [0.05, 0.1) is 0 Å². The topological polar surface area (TPSA) is 26.0 Å². The van der Waals surface area contributed by atoms with Crippen molar-refractivity contribution in [3.05, 3.63) is 65.4 Å². The zero-order valence-corrected chi connectivity index (χ0v) is 10.8. The first-order valence-corrected chi connectivity index (χ1v) is 6.25. The molecule has 3 rings (SSSR count).